The van der Waals surface area contributed by atoms with Crippen molar-refractivity contribution >= 4 is 11.8 Å². The lowest BCUT2D eigenvalue weighted by Gasteiger charge is -2.11. The molecule has 26 heavy (non-hydrogen) atoms. The first-order valence-electron chi connectivity index (χ1n) is 8.11. The maximum Gasteiger partial charge on any atom is 0.214 e. The van der Waals surface area contributed by atoms with Gasteiger partial charge in [-0.15, -0.1) is 5.10 Å². The van der Waals surface area contributed by atoms with Crippen LogP contribution in [0.15, 0.2) is 53.7 Å². The van der Waals surface area contributed by atoms with E-state index in [-0.39, 0.29) is 19.0 Å². The number of aliphatic hydroxyl groups is 1. The van der Waals surface area contributed by atoms with E-state index in [0.717, 1.165) is 11.3 Å². The van der Waals surface area contributed by atoms with Crippen molar-refractivity contribution in [3.8, 4) is 5.69 Å². The second-order valence-corrected chi connectivity index (χ2v) is 6.77. The van der Waals surface area contributed by atoms with Crippen LogP contribution < -0.4 is 0 Å². The van der Waals surface area contributed by atoms with E-state index in [4.69, 9.17) is 4.74 Å². The van der Waals surface area contributed by atoms with E-state index in [1.807, 2.05) is 31.2 Å². The fourth-order valence-corrected chi connectivity index (χ4v) is 3.05. The van der Waals surface area contributed by atoms with E-state index >= 15 is 0 Å². The fraction of sp³-hybridized carbons (Fsp3) is 0.278. The Labute approximate surface area is 155 Å². The van der Waals surface area contributed by atoms with Gasteiger partial charge in [0.25, 0.3) is 0 Å². The molecule has 0 saturated heterocycles. The molecule has 3 aromatic rings. The van der Waals surface area contributed by atoms with E-state index in [2.05, 4.69) is 15.5 Å². The number of aromatic nitrogens is 4. The number of benzene rings is 2. The molecule has 2 aromatic carbocycles. The Hall–Kier alpha value is -2.29. The molecule has 8 heteroatoms. The van der Waals surface area contributed by atoms with Crippen molar-refractivity contribution in [1.29, 1.82) is 0 Å². The number of rotatable bonds is 8. The monoisotopic (exact) mass is 374 g/mol. The van der Waals surface area contributed by atoms with Crippen molar-refractivity contribution < 1.29 is 14.2 Å². The summed E-state index contributed by atoms with van der Waals surface area (Å²) in [6.45, 7) is 2.24. The first-order valence-corrected chi connectivity index (χ1v) is 9.09. The molecule has 0 amide bonds. The van der Waals surface area contributed by atoms with Crippen LogP contribution in [0, 0.1) is 12.7 Å². The number of thioether (sulfide) groups is 1. The van der Waals surface area contributed by atoms with Gasteiger partial charge in [-0.2, -0.15) is 4.68 Å². The molecule has 0 aliphatic heterocycles. The number of hydrogen-bond acceptors (Lipinski definition) is 6. The Balaban J connectivity index is 1.49. The minimum Gasteiger partial charge on any atom is -0.390 e. The highest BCUT2D eigenvalue weighted by atomic mass is 32.2. The Bertz CT molecular complexity index is 841. The largest absolute Gasteiger partial charge is 0.390 e. The molecule has 0 saturated carbocycles. The van der Waals surface area contributed by atoms with Gasteiger partial charge in [-0.1, -0.05) is 47.7 Å². The Kier molecular flexibility index (Phi) is 6.32. The summed E-state index contributed by atoms with van der Waals surface area (Å²) in [5, 5.41) is 22.3. The quantitative estimate of drug-likeness (QED) is 0.611. The summed E-state index contributed by atoms with van der Waals surface area (Å²) in [4.78, 5) is 0. The van der Waals surface area contributed by atoms with Crippen molar-refractivity contribution in [3.63, 3.8) is 0 Å². The third-order valence-corrected chi connectivity index (χ3v) is 4.71. The van der Waals surface area contributed by atoms with Gasteiger partial charge in [-0.05, 0) is 35.5 Å². The second-order valence-electron chi connectivity index (χ2n) is 5.78. The molecular formula is C18H19FN4O2S. The summed E-state index contributed by atoms with van der Waals surface area (Å²) in [5.41, 5.74) is 2.47. The number of aliphatic hydroxyl groups excluding tert-OH is 1. The van der Waals surface area contributed by atoms with Crippen LogP contribution in [0.5, 0.6) is 0 Å². The first-order chi connectivity index (χ1) is 12.6. The van der Waals surface area contributed by atoms with Crippen molar-refractivity contribution in [3.05, 3.63) is 65.5 Å². The number of halogens is 1. The minimum atomic E-state index is -0.713. The van der Waals surface area contributed by atoms with E-state index in [1.54, 1.807) is 22.9 Å². The molecule has 0 spiro atoms. The number of ether oxygens (including phenoxy) is 1. The van der Waals surface area contributed by atoms with Gasteiger partial charge >= 0.3 is 0 Å². The van der Waals surface area contributed by atoms with Gasteiger partial charge in [0.15, 0.2) is 0 Å². The lowest BCUT2D eigenvalue weighted by atomic mass is 10.2. The third kappa shape index (κ3) is 4.87. The second kappa shape index (κ2) is 8.88. The maximum atomic E-state index is 13.5. The van der Waals surface area contributed by atoms with Crippen LogP contribution in [-0.4, -0.2) is 43.8 Å². The van der Waals surface area contributed by atoms with Gasteiger partial charge < -0.3 is 9.84 Å². The van der Waals surface area contributed by atoms with Crippen molar-refractivity contribution in [2.45, 2.75) is 24.8 Å². The van der Waals surface area contributed by atoms with Crippen LogP contribution in [0.4, 0.5) is 4.39 Å². The fourth-order valence-electron chi connectivity index (χ4n) is 2.26. The molecule has 0 aliphatic carbocycles. The number of tetrazole rings is 1. The average Bonchev–Trinajstić information content (AvgIpc) is 3.11. The van der Waals surface area contributed by atoms with Gasteiger partial charge in [0.05, 0.1) is 25.0 Å². The van der Waals surface area contributed by atoms with E-state index < -0.39 is 6.10 Å². The highest BCUT2D eigenvalue weighted by Crippen LogP contribution is 2.19. The topological polar surface area (TPSA) is 73.1 Å². The Morgan fingerprint density at radius 1 is 1.19 bits per heavy atom. The normalized spacial score (nSPS) is 12.3. The summed E-state index contributed by atoms with van der Waals surface area (Å²) < 4.78 is 20.5. The average molecular weight is 374 g/mol. The van der Waals surface area contributed by atoms with Crippen LogP contribution >= 0.6 is 11.8 Å². The van der Waals surface area contributed by atoms with Crippen LogP contribution in [-0.2, 0) is 11.3 Å². The highest BCUT2D eigenvalue weighted by molar-refractivity contribution is 7.99. The number of aryl methyl sites for hydroxylation is 1. The third-order valence-electron chi connectivity index (χ3n) is 3.65. The van der Waals surface area contributed by atoms with E-state index in [9.17, 15) is 9.50 Å². The summed E-state index contributed by atoms with van der Waals surface area (Å²) in [6, 6.07) is 14.3. The SMILES string of the molecule is Cc1ccc(-n2nnnc2SC[C@H](O)COCc2ccccc2F)cc1. The molecular weight excluding hydrogens is 355 g/mol. The molecule has 0 aliphatic rings. The van der Waals surface area contributed by atoms with Crippen LogP contribution in [0.1, 0.15) is 11.1 Å². The summed E-state index contributed by atoms with van der Waals surface area (Å²) in [5.74, 6) is 0.0531. The molecule has 1 atom stereocenters. The Morgan fingerprint density at radius 3 is 2.73 bits per heavy atom. The summed E-state index contributed by atoms with van der Waals surface area (Å²) in [6.07, 6.45) is -0.713. The van der Waals surface area contributed by atoms with Crippen LogP contribution in [0.25, 0.3) is 5.69 Å². The molecule has 0 bridgehead atoms. The number of hydrogen-bond donors (Lipinski definition) is 1. The molecule has 1 heterocycles. The van der Waals surface area contributed by atoms with Crippen LogP contribution in [0.3, 0.4) is 0 Å². The van der Waals surface area contributed by atoms with Crippen molar-refractivity contribution in [1.82, 2.24) is 20.2 Å². The molecule has 136 valence electrons. The lowest BCUT2D eigenvalue weighted by molar-refractivity contribution is 0.0386. The first kappa shape index (κ1) is 18.5. The molecule has 3 rings (SSSR count). The van der Waals surface area contributed by atoms with E-state index in [1.165, 1.54) is 17.8 Å². The standard InChI is InChI=1S/C18H19FN4O2S/c1-13-6-8-15(9-7-13)23-18(20-21-22-23)26-12-16(24)11-25-10-14-4-2-3-5-17(14)19/h2-9,16,24H,10-12H2,1H3/t16-/m1/s1. The minimum absolute atomic E-state index is 0.105. The highest BCUT2D eigenvalue weighted by Gasteiger charge is 2.13. The van der Waals surface area contributed by atoms with Gasteiger partial charge in [-0.25, -0.2) is 4.39 Å². The van der Waals surface area contributed by atoms with E-state index in [0.29, 0.717) is 16.5 Å². The summed E-state index contributed by atoms with van der Waals surface area (Å²) in [7, 11) is 0. The zero-order valence-corrected chi connectivity index (χ0v) is 15.1. The smallest absolute Gasteiger partial charge is 0.214 e. The maximum absolute atomic E-state index is 13.5. The van der Waals surface area contributed by atoms with Crippen molar-refractivity contribution in [2.75, 3.05) is 12.4 Å². The molecule has 0 radical (unpaired) electrons. The molecule has 0 fully saturated rings. The van der Waals surface area contributed by atoms with Gasteiger partial charge in [-0.3, -0.25) is 0 Å². The molecule has 6 nitrogen and oxygen atoms in total. The zero-order chi connectivity index (χ0) is 18.4. The molecule has 1 aromatic heterocycles. The predicted octanol–water partition coefficient (Wildman–Crippen LogP) is 2.78. The zero-order valence-electron chi connectivity index (χ0n) is 14.2. The van der Waals surface area contributed by atoms with Gasteiger partial charge in [0.2, 0.25) is 5.16 Å². The Morgan fingerprint density at radius 2 is 1.96 bits per heavy atom. The van der Waals surface area contributed by atoms with Gasteiger partial charge in [0.1, 0.15) is 5.82 Å². The van der Waals surface area contributed by atoms with Crippen LogP contribution in [0.2, 0.25) is 0 Å². The molecule has 0 unspecified atom stereocenters. The number of nitrogens with zero attached hydrogens (tertiary/aromatic N) is 4. The summed E-state index contributed by atoms with van der Waals surface area (Å²) >= 11 is 1.33. The lowest BCUT2D eigenvalue weighted by Crippen LogP contribution is -2.18. The van der Waals surface area contributed by atoms with Gasteiger partial charge in [0, 0.05) is 11.3 Å². The predicted molar refractivity (Wildman–Crippen MR) is 96.7 cm³/mol. The van der Waals surface area contributed by atoms with Crippen molar-refractivity contribution in [2.24, 2.45) is 0 Å². The molecule has 1 N–H and O–H groups in total.